The zero-order chi connectivity index (χ0) is 22.2. The molecule has 1 N–H and O–H groups in total. The highest BCUT2D eigenvalue weighted by Crippen LogP contribution is 2.22. The van der Waals surface area contributed by atoms with E-state index in [1.807, 2.05) is 16.8 Å². The van der Waals surface area contributed by atoms with Crippen LogP contribution in [0.4, 0.5) is 4.39 Å². The standard InChI is InChI=1S/C22H28FN7O2/c1-2-3-4-20(22-25-27-28-30(22)10-9-29-11-13-31-14-12-29)24-16-19-15-21(32-26-19)17-5-7-18(23)8-6-17/h2,5-8,15,20,24H,1,3-4,9-14,16H2. The third-order valence-corrected chi connectivity index (χ3v) is 5.48. The molecule has 0 aliphatic carbocycles. The van der Waals surface area contributed by atoms with Crippen LogP contribution >= 0.6 is 0 Å². The van der Waals surface area contributed by atoms with Crippen molar-refractivity contribution < 1.29 is 13.7 Å². The molecule has 3 heterocycles. The Hall–Kier alpha value is -2.95. The fourth-order valence-electron chi connectivity index (χ4n) is 3.66. The molecular formula is C22H28FN7O2. The van der Waals surface area contributed by atoms with Crippen LogP contribution in [0.5, 0.6) is 0 Å². The van der Waals surface area contributed by atoms with Crippen LogP contribution in [0.2, 0.25) is 0 Å². The number of tetrazole rings is 1. The summed E-state index contributed by atoms with van der Waals surface area (Å²) < 4.78 is 25.9. The molecule has 0 bridgehead atoms. The van der Waals surface area contributed by atoms with Crippen LogP contribution in [0.15, 0.2) is 47.5 Å². The quantitative estimate of drug-likeness (QED) is 0.454. The fourth-order valence-corrected chi connectivity index (χ4v) is 3.66. The molecular weight excluding hydrogens is 413 g/mol. The average molecular weight is 442 g/mol. The molecule has 0 amide bonds. The number of morpholine rings is 1. The van der Waals surface area contributed by atoms with Gasteiger partial charge in [-0.2, -0.15) is 0 Å². The molecule has 1 aliphatic rings. The van der Waals surface area contributed by atoms with Crippen molar-refractivity contribution in [3.63, 3.8) is 0 Å². The maximum absolute atomic E-state index is 13.2. The van der Waals surface area contributed by atoms with Crippen LogP contribution in [-0.2, 0) is 17.8 Å². The Labute approximate surface area is 186 Å². The third-order valence-electron chi connectivity index (χ3n) is 5.48. The van der Waals surface area contributed by atoms with Crippen LogP contribution in [-0.4, -0.2) is 63.1 Å². The monoisotopic (exact) mass is 441 g/mol. The van der Waals surface area contributed by atoms with E-state index in [2.05, 4.69) is 37.5 Å². The number of rotatable bonds is 11. The van der Waals surface area contributed by atoms with E-state index in [4.69, 9.17) is 9.26 Å². The molecule has 170 valence electrons. The molecule has 9 nitrogen and oxygen atoms in total. The summed E-state index contributed by atoms with van der Waals surface area (Å²) in [6.45, 7) is 9.31. The molecule has 32 heavy (non-hydrogen) atoms. The van der Waals surface area contributed by atoms with Gasteiger partial charge in [0.2, 0.25) is 0 Å². The number of hydrogen-bond donors (Lipinski definition) is 1. The van der Waals surface area contributed by atoms with Gasteiger partial charge in [-0.05, 0) is 47.5 Å². The van der Waals surface area contributed by atoms with Crippen molar-refractivity contribution >= 4 is 0 Å². The van der Waals surface area contributed by atoms with Gasteiger partial charge in [0.05, 0.1) is 31.5 Å². The zero-order valence-electron chi connectivity index (χ0n) is 18.0. The van der Waals surface area contributed by atoms with Gasteiger partial charge in [-0.3, -0.25) is 4.90 Å². The van der Waals surface area contributed by atoms with E-state index >= 15 is 0 Å². The Morgan fingerprint density at radius 2 is 2.00 bits per heavy atom. The van der Waals surface area contributed by atoms with Crippen molar-refractivity contribution in [1.29, 1.82) is 0 Å². The number of halogens is 1. The minimum absolute atomic E-state index is 0.0568. The van der Waals surface area contributed by atoms with Gasteiger partial charge in [0.25, 0.3) is 0 Å². The van der Waals surface area contributed by atoms with Gasteiger partial charge in [-0.1, -0.05) is 11.2 Å². The lowest BCUT2D eigenvalue weighted by Crippen LogP contribution is -2.38. The number of hydrogen-bond acceptors (Lipinski definition) is 8. The smallest absolute Gasteiger partial charge is 0.168 e. The first kappa shape index (κ1) is 22.3. The second-order valence-corrected chi connectivity index (χ2v) is 7.70. The first-order valence-electron chi connectivity index (χ1n) is 10.8. The Kier molecular flexibility index (Phi) is 7.70. The van der Waals surface area contributed by atoms with Crippen molar-refractivity contribution in [3.8, 4) is 11.3 Å². The van der Waals surface area contributed by atoms with Crippen molar-refractivity contribution in [3.05, 3.63) is 60.3 Å². The summed E-state index contributed by atoms with van der Waals surface area (Å²) in [7, 11) is 0. The summed E-state index contributed by atoms with van der Waals surface area (Å²) in [5, 5.41) is 20.0. The largest absolute Gasteiger partial charge is 0.379 e. The summed E-state index contributed by atoms with van der Waals surface area (Å²) in [6.07, 6.45) is 3.52. The van der Waals surface area contributed by atoms with E-state index < -0.39 is 0 Å². The molecule has 0 saturated carbocycles. The topological polar surface area (TPSA) is 94.1 Å². The number of allylic oxidation sites excluding steroid dienone is 1. The number of aromatic nitrogens is 5. The Bertz CT molecular complexity index is 982. The third kappa shape index (κ3) is 5.84. The van der Waals surface area contributed by atoms with Crippen LogP contribution in [0, 0.1) is 5.82 Å². The van der Waals surface area contributed by atoms with Gasteiger partial charge >= 0.3 is 0 Å². The van der Waals surface area contributed by atoms with Crippen molar-refractivity contribution in [2.45, 2.75) is 32.0 Å². The molecule has 1 atom stereocenters. The molecule has 1 fully saturated rings. The van der Waals surface area contributed by atoms with Gasteiger partial charge in [0.1, 0.15) is 5.82 Å². The first-order valence-corrected chi connectivity index (χ1v) is 10.8. The summed E-state index contributed by atoms with van der Waals surface area (Å²) in [5.74, 6) is 1.11. The van der Waals surface area contributed by atoms with E-state index in [1.165, 1.54) is 12.1 Å². The molecule has 2 aromatic heterocycles. The van der Waals surface area contributed by atoms with Gasteiger partial charge < -0.3 is 14.6 Å². The van der Waals surface area contributed by atoms with Crippen molar-refractivity contribution in [2.75, 3.05) is 32.8 Å². The lowest BCUT2D eigenvalue weighted by molar-refractivity contribution is 0.0357. The molecule has 0 spiro atoms. The molecule has 10 heteroatoms. The lowest BCUT2D eigenvalue weighted by Gasteiger charge is -2.26. The van der Waals surface area contributed by atoms with Crippen molar-refractivity contribution in [2.24, 2.45) is 0 Å². The summed E-state index contributed by atoms with van der Waals surface area (Å²) >= 11 is 0. The average Bonchev–Trinajstić information content (AvgIpc) is 3.49. The lowest BCUT2D eigenvalue weighted by atomic mass is 10.1. The molecule has 4 rings (SSSR count). The minimum atomic E-state index is -0.286. The van der Waals surface area contributed by atoms with E-state index in [0.717, 1.165) is 62.8 Å². The van der Waals surface area contributed by atoms with E-state index in [-0.39, 0.29) is 11.9 Å². The predicted molar refractivity (Wildman–Crippen MR) is 116 cm³/mol. The molecule has 3 aromatic rings. The summed E-state index contributed by atoms with van der Waals surface area (Å²) in [5.41, 5.74) is 1.53. The summed E-state index contributed by atoms with van der Waals surface area (Å²) in [4.78, 5) is 2.35. The minimum Gasteiger partial charge on any atom is -0.379 e. The Morgan fingerprint density at radius 1 is 1.19 bits per heavy atom. The summed E-state index contributed by atoms with van der Waals surface area (Å²) in [6, 6.07) is 7.94. The maximum Gasteiger partial charge on any atom is 0.168 e. The number of benzene rings is 1. The predicted octanol–water partition coefficient (Wildman–Crippen LogP) is 2.60. The Morgan fingerprint density at radius 3 is 2.78 bits per heavy atom. The van der Waals surface area contributed by atoms with Crippen molar-refractivity contribution in [1.82, 2.24) is 35.6 Å². The molecule has 1 aromatic carbocycles. The van der Waals surface area contributed by atoms with Gasteiger partial charge in [-0.15, -0.1) is 11.7 Å². The zero-order valence-corrected chi connectivity index (χ0v) is 18.0. The SMILES string of the molecule is C=CCCC(NCc1cc(-c2ccc(F)cc2)on1)c1nnnn1CCN1CCOCC1. The van der Waals surface area contributed by atoms with E-state index in [9.17, 15) is 4.39 Å². The van der Waals surface area contributed by atoms with Gasteiger partial charge in [0, 0.05) is 37.8 Å². The second-order valence-electron chi connectivity index (χ2n) is 7.70. The molecule has 1 aliphatic heterocycles. The van der Waals surface area contributed by atoms with Gasteiger partial charge in [-0.25, -0.2) is 9.07 Å². The highest BCUT2D eigenvalue weighted by molar-refractivity contribution is 5.57. The van der Waals surface area contributed by atoms with E-state index in [0.29, 0.717) is 18.8 Å². The van der Waals surface area contributed by atoms with Crippen LogP contribution in [0.1, 0.15) is 30.4 Å². The second kappa shape index (κ2) is 11.1. The maximum atomic E-state index is 13.2. The van der Waals surface area contributed by atoms with Gasteiger partial charge in [0.15, 0.2) is 11.6 Å². The number of nitrogens with zero attached hydrogens (tertiary/aromatic N) is 6. The van der Waals surface area contributed by atoms with Crippen LogP contribution in [0.3, 0.4) is 0 Å². The van der Waals surface area contributed by atoms with Crippen LogP contribution in [0.25, 0.3) is 11.3 Å². The Balaban J connectivity index is 1.39. The molecule has 1 saturated heterocycles. The highest BCUT2D eigenvalue weighted by atomic mass is 19.1. The number of nitrogens with one attached hydrogen (secondary N) is 1. The molecule has 0 radical (unpaired) electrons. The molecule has 1 unspecified atom stereocenters. The number of ether oxygens (including phenoxy) is 1. The van der Waals surface area contributed by atoms with E-state index in [1.54, 1.807) is 12.1 Å². The van der Waals surface area contributed by atoms with Crippen LogP contribution < -0.4 is 5.32 Å². The normalized spacial score (nSPS) is 15.7. The fraction of sp³-hybridized carbons (Fsp3) is 0.455. The first-order chi connectivity index (χ1) is 15.7. The highest BCUT2D eigenvalue weighted by Gasteiger charge is 2.20.